The van der Waals surface area contributed by atoms with Crippen LogP contribution in [0.25, 0.3) is 0 Å². The summed E-state index contributed by atoms with van der Waals surface area (Å²) < 4.78 is 5.39. The molecule has 3 nitrogen and oxygen atoms in total. The number of Topliss-reactive ketones (excluding diaryl/α,β-unsaturated/α-hetero) is 1. The van der Waals surface area contributed by atoms with Crippen molar-refractivity contribution < 1.29 is 9.53 Å². The number of carbonyl (C=O) groups excluding carboxylic acids is 1. The number of benzene rings is 1. The van der Waals surface area contributed by atoms with E-state index in [1.54, 1.807) is 7.11 Å². The first-order valence-electron chi connectivity index (χ1n) is 7.02. The van der Waals surface area contributed by atoms with Crippen molar-refractivity contribution in [1.29, 1.82) is 0 Å². The second kappa shape index (κ2) is 6.20. The molecule has 0 saturated carbocycles. The molecule has 1 fully saturated rings. The Morgan fingerprint density at radius 2 is 1.95 bits per heavy atom. The smallest absolute Gasteiger partial charge is 0.167 e. The maximum absolute atomic E-state index is 12.4. The number of methoxy groups -OCH3 is 1. The minimum absolute atomic E-state index is 0.190. The van der Waals surface area contributed by atoms with Gasteiger partial charge in [0.25, 0.3) is 0 Å². The molecule has 1 aromatic carbocycles. The van der Waals surface area contributed by atoms with Gasteiger partial charge in [-0.15, -0.1) is 0 Å². The van der Waals surface area contributed by atoms with Gasteiger partial charge in [-0.25, -0.2) is 0 Å². The molecule has 0 atom stereocenters. The molecule has 104 valence electrons. The first kappa shape index (κ1) is 14.1. The number of carbonyl (C=O) groups is 1. The highest BCUT2D eigenvalue weighted by Gasteiger charge is 2.17. The molecule has 0 radical (unpaired) electrons. The summed E-state index contributed by atoms with van der Waals surface area (Å²) >= 11 is 0. The number of ketones is 1. The summed E-state index contributed by atoms with van der Waals surface area (Å²) in [6, 6.07) is 3.99. The highest BCUT2D eigenvalue weighted by atomic mass is 16.5. The van der Waals surface area contributed by atoms with Crippen molar-refractivity contribution in [2.24, 2.45) is 0 Å². The molecule has 3 heteroatoms. The molecule has 1 aliphatic rings. The quantitative estimate of drug-likeness (QED) is 0.763. The first-order chi connectivity index (χ1) is 9.11. The zero-order chi connectivity index (χ0) is 13.8. The Hall–Kier alpha value is -1.35. The fourth-order valence-electron chi connectivity index (χ4n) is 2.83. The predicted octanol–water partition coefficient (Wildman–Crippen LogP) is 2.98. The van der Waals surface area contributed by atoms with Crippen LogP contribution in [0.1, 0.15) is 40.7 Å². The largest absolute Gasteiger partial charge is 0.496 e. The maximum Gasteiger partial charge on any atom is 0.167 e. The standard InChI is InChI=1S/C16H23NO2/c1-12-10-13(2)16(19-3)14(11-12)15(18)6-9-17-7-4-5-8-17/h10-11H,4-9H2,1-3H3. The molecular formula is C16H23NO2. The lowest BCUT2D eigenvalue weighted by molar-refractivity contribution is 0.0965. The Labute approximate surface area is 115 Å². The molecule has 0 spiro atoms. The highest BCUT2D eigenvalue weighted by molar-refractivity contribution is 5.99. The van der Waals surface area contributed by atoms with E-state index in [0.29, 0.717) is 6.42 Å². The van der Waals surface area contributed by atoms with Crippen molar-refractivity contribution in [3.8, 4) is 5.75 Å². The van der Waals surface area contributed by atoms with E-state index in [1.165, 1.54) is 12.8 Å². The van der Waals surface area contributed by atoms with Gasteiger partial charge in [-0.1, -0.05) is 6.07 Å². The van der Waals surface area contributed by atoms with Gasteiger partial charge in [-0.05, 0) is 57.0 Å². The van der Waals surface area contributed by atoms with Crippen LogP contribution in [0.15, 0.2) is 12.1 Å². The molecule has 0 aromatic heterocycles. The molecule has 2 rings (SSSR count). The van der Waals surface area contributed by atoms with Crippen molar-refractivity contribution >= 4 is 5.78 Å². The Kier molecular flexibility index (Phi) is 4.59. The van der Waals surface area contributed by atoms with Gasteiger partial charge in [0.15, 0.2) is 5.78 Å². The second-order valence-corrected chi connectivity index (χ2v) is 5.38. The van der Waals surface area contributed by atoms with E-state index < -0.39 is 0 Å². The van der Waals surface area contributed by atoms with Crippen molar-refractivity contribution in [3.63, 3.8) is 0 Å². The lowest BCUT2D eigenvalue weighted by atomic mass is 10.0. The van der Waals surface area contributed by atoms with Gasteiger partial charge in [-0.2, -0.15) is 0 Å². The molecule has 1 saturated heterocycles. The number of hydrogen-bond acceptors (Lipinski definition) is 3. The van der Waals surface area contributed by atoms with Crippen LogP contribution < -0.4 is 4.74 Å². The third-order valence-corrected chi connectivity index (χ3v) is 3.78. The van der Waals surface area contributed by atoms with Crippen LogP contribution in [0.4, 0.5) is 0 Å². The van der Waals surface area contributed by atoms with E-state index in [4.69, 9.17) is 4.74 Å². The van der Waals surface area contributed by atoms with E-state index in [2.05, 4.69) is 11.0 Å². The summed E-state index contributed by atoms with van der Waals surface area (Å²) in [5.41, 5.74) is 2.88. The van der Waals surface area contributed by atoms with Crippen molar-refractivity contribution in [2.75, 3.05) is 26.7 Å². The van der Waals surface area contributed by atoms with E-state index in [-0.39, 0.29) is 5.78 Å². The SMILES string of the molecule is COc1c(C)cc(C)cc1C(=O)CCN1CCCC1. The van der Waals surface area contributed by atoms with E-state index >= 15 is 0 Å². The lowest BCUT2D eigenvalue weighted by Gasteiger charge is -2.15. The van der Waals surface area contributed by atoms with E-state index in [1.807, 2.05) is 19.9 Å². The first-order valence-corrected chi connectivity index (χ1v) is 7.02. The van der Waals surface area contributed by atoms with Gasteiger partial charge in [0, 0.05) is 13.0 Å². The average molecular weight is 261 g/mol. The summed E-state index contributed by atoms with van der Waals surface area (Å²) in [4.78, 5) is 14.7. The fraction of sp³-hybridized carbons (Fsp3) is 0.562. The number of likely N-dealkylation sites (tertiary alicyclic amines) is 1. The summed E-state index contributed by atoms with van der Waals surface area (Å²) in [7, 11) is 1.63. The minimum Gasteiger partial charge on any atom is -0.496 e. The number of aryl methyl sites for hydroxylation is 2. The molecule has 0 bridgehead atoms. The molecule has 0 N–H and O–H groups in total. The Bertz CT molecular complexity index is 462. The third-order valence-electron chi connectivity index (χ3n) is 3.78. The maximum atomic E-state index is 12.4. The van der Waals surface area contributed by atoms with Crippen molar-refractivity contribution in [3.05, 3.63) is 28.8 Å². The molecule has 1 aromatic rings. The summed E-state index contributed by atoms with van der Waals surface area (Å²) in [6.45, 7) is 7.15. The highest BCUT2D eigenvalue weighted by Crippen LogP contribution is 2.26. The summed E-state index contributed by atoms with van der Waals surface area (Å²) in [5.74, 6) is 0.924. The molecule has 1 heterocycles. The Morgan fingerprint density at radius 1 is 1.26 bits per heavy atom. The Balaban J connectivity index is 2.09. The number of ether oxygens (including phenoxy) is 1. The number of hydrogen-bond donors (Lipinski definition) is 0. The zero-order valence-corrected chi connectivity index (χ0v) is 12.2. The molecule has 0 unspecified atom stereocenters. The van der Waals surface area contributed by atoms with Crippen LogP contribution >= 0.6 is 0 Å². The van der Waals surface area contributed by atoms with Crippen LogP contribution in [0.5, 0.6) is 5.75 Å². The van der Waals surface area contributed by atoms with Gasteiger partial charge < -0.3 is 9.64 Å². The molecule has 1 aliphatic heterocycles. The van der Waals surface area contributed by atoms with Crippen LogP contribution in [-0.2, 0) is 0 Å². The van der Waals surface area contributed by atoms with Crippen LogP contribution in [0.2, 0.25) is 0 Å². The van der Waals surface area contributed by atoms with Crippen LogP contribution in [-0.4, -0.2) is 37.4 Å². The van der Waals surface area contributed by atoms with Crippen LogP contribution in [0.3, 0.4) is 0 Å². The minimum atomic E-state index is 0.190. The van der Waals surface area contributed by atoms with Gasteiger partial charge in [0.1, 0.15) is 5.75 Å². The van der Waals surface area contributed by atoms with Gasteiger partial charge in [0.05, 0.1) is 12.7 Å². The predicted molar refractivity (Wildman–Crippen MR) is 77.1 cm³/mol. The molecule has 0 amide bonds. The molecular weight excluding hydrogens is 238 g/mol. The normalized spacial score (nSPS) is 15.7. The Morgan fingerprint density at radius 3 is 2.58 bits per heavy atom. The zero-order valence-electron chi connectivity index (χ0n) is 12.2. The lowest BCUT2D eigenvalue weighted by Crippen LogP contribution is -2.22. The number of rotatable bonds is 5. The van der Waals surface area contributed by atoms with E-state index in [0.717, 1.165) is 42.1 Å². The molecule has 19 heavy (non-hydrogen) atoms. The van der Waals surface area contributed by atoms with Crippen LogP contribution in [0, 0.1) is 13.8 Å². The average Bonchev–Trinajstić information content (AvgIpc) is 2.88. The number of nitrogens with zero attached hydrogens (tertiary/aromatic N) is 1. The topological polar surface area (TPSA) is 29.5 Å². The summed E-state index contributed by atoms with van der Waals surface area (Å²) in [6.07, 6.45) is 3.11. The molecule has 0 aliphatic carbocycles. The second-order valence-electron chi connectivity index (χ2n) is 5.38. The van der Waals surface area contributed by atoms with Gasteiger partial charge in [-0.3, -0.25) is 4.79 Å². The van der Waals surface area contributed by atoms with E-state index in [9.17, 15) is 4.79 Å². The van der Waals surface area contributed by atoms with Gasteiger partial charge in [0.2, 0.25) is 0 Å². The van der Waals surface area contributed by atoms with Crippen molar-refractivity contribution in [2.45, 2.75) is 33.1 Å². The van der Waals surface area contributed by atoms with Crippen molar-refractivity contribution in [1.82, 2.24) is 4.90 Å². The monoisotopic (exact) mass is 261 g/mol. The van der Waals surface area contributed by atoms with Gasteiger partial charge >= 0.3 is 0 Å². The summed E-state index contributed by atoms with van der Waals surface area (Å²) in [5, 5.41) is 0. The fourth-order valence-corrected chi connectivity index (χ4v) is 2.83. The third kappa shape index (κ3) is 3.35.